The number of carbonyl (C=O) groups is 1. The van der Waals surface area contributed by atoms with Crippen LogP contribution in [0.2, 0.25) is 0 Å². The molecule has 0 bridgehead atoms. The molecule has 0 fully saturated rings. The van der Waals surface area contributed by atoms with Gasteiger partial charge in [0.15, 0.2) is 11.2 Å². The van der Waals surface area contributed by atoms with Gasteiger partial charge in [0.25, 0.3) is 0 Å². The Morgan fingerprint density at radius 2 is 2.17 bits per heavy atom. The van der Waals surface area contributed by atoms with Crippen LogP contribution >= 0.6 is 0 Å². The Hall–Kier alpha value is -2.90. The van der Waals surface area contributed by atoms with Crippen LogP contribution in [-0.4, -0.2) is 41.9 Å². The third kappa shape index (κ3) is 3.47. The molecule has 0 amide bonds. The Morgan fingerprint density at radius 3 is 3.00 bits per heavy atom. The Labute approximate surface area is 132 Å². The smallest absolute Gasteiger partial charge is 0.418 e. The summed E-state index contributed by atoms with van der Waals surface area (Å²) in [7, 11) is 0. The van der Waals surface area contributed by atoms with Gasteiger partial charge >= 0.3 is 6.09 Å². The molecule has 0 saturated heterocycles. The van der Waals surface area contributed by atoms with E-state index in [1.807, 2.05) is 4.57 Å². The molecular weight excluding hydrogens is 298 g/mol. The number of hydrogen-bond acceptors (Lipinski definition) is 6. The average molecular weight is 314 g/mol. The van der Waals surface area contributed by atoms with Gasteiger partial charge < -0.3 is 14.4 Å². The highest BCUT2D eigenvalue weighted by Crippen LogP contribution is 2.18. The largest absolute Gasteiger partial charge is 0.492 e. The van der Waals surface area contributed by atoms with E-state index < -0.39 is 6.09 Å². The lowest BCUT2D eigenvalue weighted by molar-refractivity contribution is 0.145. The molecular formula is C15H16N5O3. The van der Waals surface area contributed by atoms with Gasteiger partial charge in [0.05, 0.1) is 19.1 Å². The molecule has 0 saturated carbocycles. The number of imidazole rings is 1. The molecule has 0 unspecified atom stereocenters. The summed E-state index contributed by atoms with van der Waals surface area (Å²) in [5, 5.41) is 9.58. The second-order valence-corrected chi connectivity index (χ2v) is 4.99. The first-order chi connectivity index (χ1) is 11.3. The zero-order valence-corrected chi connectivity index (χ0v) is 12.4. The minimum Gasteiger partial charge on any atom is -0.492 e. The summed E-state index contributed by atoms with van der Waals surface area (Å²) in [5.41, 5.74) is 1.02. The molecule has 1 radical (unpaired) electrons. The van der Waals surface area contributed by atoms with Gasteiger partial charge in [-0.15, -0.1) is 0 Å². The number of aromatic hydroxyl groups is 1. The van der Waals surface area contributed by atoms with Crippen molar-refractivity contribution in [3.63, 3.8) is 0 Å². The molecule has 0 spiro atoms. The Morgan fingerprint density at radius 1 is 1.26 bits per heavy atom. The average Bonchev–Trinajstić information content (AvgIpc) is 3.21. The molecule has 3 rings (SSSR count). The third-order valence-electron chi connectivity index (χ3n) is 3.39. The van der Waals surface area contributed by atoms with E-state index in [0.717, 1.165) is 25.8 Å². The van der Waals surface area contributed by atoms with E-state index in [0.29, 0.717) is 17.8 Å². The van der Waals surface area contributed by atoms with E-state index in [1.165, 1.54) is 10.9 Å². The fraction of sp³-hybridized carbons (Fsp3) is 0.333. The Kier molecular flexibility index (Phi) is 4.51. The molecule has 8 nitrogen and oxygen atoms in total. The first kappa shape index (κ1) is 15.0. The lowest BCUT2D eigenvalue weighted by atomic mass is 10.2. The molecule has 0 aromatic carbocycles. The summed E-state index contributed by atoms with van der Waals surface area (Å²) in [6.07, 6.45) is 9.44. The SMILES string of the molecule is O=C(OCCCCCn1cnc2c(O)ncnc21)n1[c]ccc1. The quantitative estimate of drug-likeness (QED) is 0.699. The minimum atomic E-state index is -0.414. The predicted octanol–water partition coefficient (Wildman–Crippen LogP) is 1.99. The first-order valence-corrected chi connectivity index (χ1v) is 7.32. The van der Waals surface area contributed by atoms with Gasteiger partial charge in [-0.05, 0) is 31.4 Å². The first-order valence-electron chi connectivity index (χ1n) is 7.32. The topological polar surface area (TPSA) is 95.1 Å². The summed E-state index contributed by atoms with van der Waals surface area (Å²) in [5.74, 6) is -0.109. The van der Waals surface area contributed by atoms with Crippen molar-refractivity contribution in [3.05, 3.63) is 37.2 Å². The van der Waals surface area contributed by atoms with Crippen LogP contribution in [0, 0.1) is 6.20 Å². The lowest BCUT2D eigenvalue weighted by Gasteiger charge is -2.06. The van der Waals surface area contributed by atoms with Crippen molar-refractivity contribution in [2.75, 3.05) is 6.61 Å². The van der Waals surface area contributed by atoms with Gasteiger partial charge in [-0.2, -0.15) is 4.98 Å². The van der Waals surface area contributed by atoms with Crippen molar-refractivity contribution in [3.8, 4) is 5.88 Å². The number of fused-ring (bicyclic) bond motifs is 1. The van der Waals surface area contributed by atoms with E-state index in [-0.39, 0.29) is 5.88 Å². The molecule has 0 aliphatic rings. The third-order valence-corrected chi connectivity index (χ3v) is 3.39. The molecule has 1 N–H and O–H groups in total. The van der Waals surface area contributed by atoms with Crippen molar-refractivity contribution < 1.29 is 14.6 Å². The second-order valence-electron chi connectivity index (χ2n) is 4.99. The monoisotopic (exact) mass is 314 g/mol. The number of aryl methyl sites for hydroxylation is 1. The highest BCUT2D eigenvalue weighted by Gasteiger charge is 2.08. The zero-order valence-electron chi connectivity index (χ0n) is 12.4. The van der Waals surface area contributed by atoms with Crippen LogP contribution in [-0.2, 0) is 11.3 Å². The van der Waals surface area contributed by atoms with Gasteiger partial charge in [0.1, 0.15) is 6.33 Å². The van der Waals surface area contributed by atoms with Crippen LogP contribution in [0.15, 0.2) is 31.0 Å². The normalized spacial score (nSPS) is 11.0. The lowest BCUT2D eigenvalue weighted by Crippen LogP contribution is -2.12. The Bertz CT molecular complexity index is 782. The fourth-order valence-electron chi connectivity index (χ4n) is 2.23. The molecule has 23 heavy (non-hydrogen) atoms. The van der Waals surface area contributed by atoms with Crippen molar-refractivity contribution >= 4 is 17.3 Å². The number of hydrogen-bond donors (Lipinski definition) is 1. The van der Waals surface area contributed by atoms with Crippen molar-refractivity contribution in [2.45, 2.75) is 25.8 Å². The summed E-state index contributed by atoms with van der Waals surface area (Å²) in [6.45, 7) is 1.10. The van der Waals surface area contributed by atoms with Gasteiger partial charge in [-0.25, -0.2) is 14.8 Å². The van der Waals surface area contributed by atoms with E-state index in [9.17, 15) is 9.90 Å². The predicted molar refractivity (Wildman–Crippen MR) is 80.9 cm³/mol. The van der Waals surface area contributed by atoms with E-state index in [1.54, 1.807) is 24.7 Å². The van der Waals surface area contributed by atoms with Crippen molar-refractivity contribution in [1.29, 1.82) is 0 Å². The maximum atomic E-state index is 11.6. The molecule has 0 atom stereocenters. The minimum absolute atomic E-state index is 0.109. The van der Waals surface area contributed by atoms with Gasteiger partial charge in [0.2, 0.25) is 5.88 Å². The van der Waals surface area contributed by atoms with Crippen LogP contribution in [0.3, 0.4) is 0 Å². The second kappa shape index (κ2) is 6.91. The van der Waals surface area contributed by atoms with Gasteiger partial charge in [-0.3, -0.25) is 4.57 Å². The maximum absolute atomic E-state index is 11.6. The number of carbonyl (C=O) groups excluding carboxylic acids is 1. The zero-order chi connectivity index (χ0) is 16.1. The molecule has 8 heteroatoms. The molecule has 3 aromatic heterocycles. The maximum Gasteiger partial charge on any atom is 0.418 e. The molecule has 3 aromatic rings. The van der Waals surface area contributed by atoms with Crippen molar-refractivity contribution in [2.24, 2.45) is 0 Å². The summed E-state index contributed by atoms with van der Waals surface area (Å²) in [6, 6.07) is 3.37. The number of aromatic nitrogens is 5. The highest BCUT2D eigenvalue weighted by atomic mass is 16.5. The standard InChI is InChI=1S/C15H16N5O3/c21-14-12-13(16-10-17-14)20(11-18-12)8-2-1-5-9-23-15(22)19-6-3-4-7-19/h3-4,6,10-11H,1-2,5,8-9H2,(H,16,17,21). The van der Waals surface area contributed by atoms with Crippen LogP contribution in [0.5, 0.6) is 5.88 Å². The number of nitrogens with zero attached hydrogens (tertiary/aromatic N) is 5. The van der Waals surface area contributed by atoms with Gasteiger partial charge in [-0.1, -0.05) is 0 Å². The van der Waals surface area contributed by atoms with Crippen LogP contribution in [0.1, 0.15) is 19.3 Å². The molecule has 119 valence electrons. The van der Waals surface area contributed by atoms with Gasteiger partial charge in [0, 0.05) is 12.7 Å². The molecule has 0 aliphatic carbocycles. The van der Waals surface area contributed by atoms with Crippen LogP contribution in [0.25, 0.3) is 11.2 Å². The number of unbranched alkanes of at least 4 members (excludes halogenated alkanes) is 2. The molecule has 0 aliphatic heterocycles. The van der Waals surface area contributed by atoms with Crippen LogP contribution in [0.4, 0.5) is 4.79 Å². The summed E-state index contributed by atoms with van der Waals surface area (Å²) < 4.78 is 8.28. The highest BCUT2D eigenvalue weighted by molar-refractivity contribution is 5.75. The number of ether oxygens (including phenoxy) is 1. The fourth-order valence-corrected chi connectivity index (χ4v) is 2.23. The van der Waals surface area contributed by atoms with Crippen LogP contribution < -0.4 is 0 Å². The van der Waals surface area contributed by atoms with E-state index in [4.69, 9.17) is 4.74 Å². The summed E-state index contributed by atoms with van der Waals surface area (Å²) >= 11 is 0. The Balaban J connectivity index is 1.40. The van der Waals surface area contributed by atoms with Crippen molar-refractivity contribution in [1.82, 2.24) is 24.1 Å². The van der Waals surface area contributed by atoms with E-state index in [2.05, 4.69) is 21.1 Å². The number of rotatable bonds is 6. The van der Waals surface area contributed by atoms with E-state index >= 15 is 0 Å². The summed E-state index contributed by atoms with van der Waals surface area (Å²) in [4.78, 5) is 23.5. The molecule has 3 heterocycles.